The number of hydrogen-bond acceptors (Lipinski definition) is 0. The summed E-state index contributed by atoms with van der Waals surface area (Å²) in [5, 5.41) is 0. The molecule has 24 heavy (non-hydrogen) atoms. The topological polar surface area (TPSA) is 8.81 Å². The van der Waals surface area contributed by atoms with E-state index >= 15 is 0 Å². The average Bonchev–Trinajstić information content (AvgIpc) is 2.85. The Hall–Kier alpha value is -0.780. The molecule has 146 valence electrons. The number of imidazole rings is 1. The normalized spacial score (nSPS) is 14.5. The summed E-state index contributed by atoms with van der Waals surface area (Å²) in [5.41, 5.74) is 0. The minimum atomic E-state index is -10.7. The van der Waals surface area contributed by atoms with E-state index in [0.717, 1.165) is 0 Å². The van der Waals surface area contributed by atoms with E-state index in [9.17, 15) is 25.2 Å². The number of hydrogen-bond donors (Lipinski definition) is 0. The zero-order valence-corrected chi connectivity index (χ0v) is 15.3. The van der Waals surface area contributed by atoms with Crippen molar-refractivity contribution in [1.82, 2.24) is 4.57 Å². The molecule has 0 N–H and O–H groups in total. The molecule has 0 unspecified atom stereocenters. The first-order valence-corrected chi connectivity index (χ1v) is 10.5. The fraction of sp³-hybridized carbons (Fsp3) is 0.800. The van der Waals surface area contributed by atoms with Crippen LogP contribution in [0.4, 0.5) is 25.2 Å². The van der Waals surface area contributed by atoms with E-state index < -0.39 is 7.81 Å². The molecule has 2 nitrogen and oxygen atoms in total. The molecule has 1 aromatic rings. The second-order valence-electron chi connectivity index (χ2n) is 5.97. The van der Waals surface area contributed by atoms with Crippen LogP contribution in [-0.2, 0) is 13.1 Å². The third kappa shape index (κ3) is 21.2. The molecule has 0 aliphatic rings. The third-order valence-corrected chi connectivity index (χ3v) is 3.29. The van der Waals surface area contributed by atoms with Gasteiger partial charge in [0.2, 0.25) is 6.33 Å². The quantitative estimate of drug-likeness (QED) is 0.173. The predicted molar refractivity (Wildman–Crippen MR) is 86.5 cm³/mol. The first-order valence-electron chi connectivity index (χ1n) is 8.43. The second-order valence-corrected chi connectivity index (χ2v) is 7.89. The summed E-state index contributed by atoms with van der Waals surface area (Å²) in [6.07, 6.45) is 17.5. The van der Waals surface area contributed by atoms with Crippen molar-refractivity contribution in [3.63, 3.8) is 0 Å². The predicted octanol–water partition coefficient (Wildman–Crippen LogP) is 7.32. The van der Waals surface area contributed by atoms with Crippen LogP contribution in [0.15, 0.2) is 18.7 Å². The summed E-state index contributed by atoms with van der Waals surface area (Å²) in [6.45, 7) is 6.87. The number of aromatic nitrogens is 2. The molecule has 0 aliphatic carbocycles. The van der Waals surface area contributed by atoms with Gasteiger partial charge in [-0.2, -0.15) is 0 Å². The van der Waals surface area contributed by atoms with E-state index in [1.807, 2.05) is 0 Å². The van der Waals surface area contributed by atoms with Crippen LogP contribution in [0.5, 0.6) is 0 Å². The van der Waals surface area contributed by atoms with Crippen LogP contribution in [-0.4, -0.2) is 4.57 Å². The number of aryl methyl sites for hydroxylation is 2. The molecule has 0 radical (unpaired) electrons. The average molecular weight is 382 g/mol. The van der Waals surface area contributed by atoms with E-state index in [2.05, 4.69) is 41.7 Å². The van der Waals surface area contributed by atoms with Crippen LogP contribution < -0.4 is 4.57 Å². The number of rotatable bonds is 10. The van der Waals surface area contributed by atoms with Gasteiger partial charge in [0.15, 0.2) is 0 Å². The standard InChI is InChI=1S/C15H29N2.F6P/c1-3-5-7-8-9-10-12-17-14-13-16(15-17)11-6-4-2;1-7(2,3,4,5)6/h13-15H,3-12H2,1-2H3;/q+1;-1. The minimum absolute atomic E-state index is 1.17. The Morgan fingerprint density at radius 3 is 1.83 bits per heavy atom. The summed E-state index contributed by atoms with van der Waals surface area (Å²) >= 11 is 0. The Morgan fingerprint density at radius 1 is 0.792 bits per heavy atom. The molecule has 0 aliphatic heterocycles. The second kappa shape index (κ2) is 9.07. The van der Waals surface area contributed by atoms with Crippen LogP contribution in [0.1, 0.15) is 65.2 Å². The van der Waals surface area contributed by atoms with Crippen molar-refractivity contribution < 1.29 is 29.7 Å². The maximum atomic E-state index is 9.87. The summed E-state index contributed by atoms with van der Waals surface area (Å²) in [5.74, 6) is 0. The molecule has 1 heterocycles. The van der Waals surface area contributed by atoms with Gasteiger partial charge >= 0.3 is 33.0 Å². The van der Waals surface area contributed by atoms with Crippen LogP contribution in [0.3, 0.4) is 0 Å². The van der Waals surface area contributed by atoms with Gasteiger partial charge in [0.25, 0.3) is 0 Å². The Bertz CT molecular complexity index is 443. The molecular weight excluding hydrogens is 353 g/mol. The van der Waals surface area contributed by atoms with Crippen molar-refractivity contribution in [3.05, 3.63) is 18.7 Å². The number of nitrogens with zero attached hydrogens (tertiary/aromatic N) is 2. The Labute approximate surface area is 140 Å². The van der Waals surface area contributed by atoms with Crippen molar-refractivity contribution in [2.75, 3.05) is 0 Å². The molecule has 0 fully saturated rings. The Balaban J connectivity index is 0.000000640. The molecule has 0 amide bonds. The van der Waals surface area contributed by atoms with Crippen molar-refractivity contribution in [2.24, 2.45) is 0 Å². The molecular formula is C15H29F6N2P. The summed E-state index contributed by atoms with van der Waals surface area (Å²) in [7, 11) is -10.7. The molecule has 0 aromatic carbocycles. The molecule has 1 aromatic heterocycles. The van der Waals surface area contributed by atoms with E-state index in [1.165, 1.54) is 64.5 Å². The maximum absolute atomic E-state index is 10.7. The van der Waals surface area contributed by atoms with Gasteiger partial charge in [-0.3, -0.25) is 0 Å². The molecule has 1 rings (SSSR count). The molecule has 0 bridgehead atoms. The van der Waals surface area contributed by atoms with Crippen molar-refractivity contribution in [3.8, 4) is 0 Å². The molecule has 0 saturated carbocycles. The van der Waals surface area contributed by atoms with Crippen LogP contribution in [0.25, 0.3) is 0 Å². The van der Waals surface area contributed by atoms with Gasteiger partial charge in [-0.1, -0.05) is 46.0 Å². The van der Waals surface area contributed by atoms with Gasteiger partial charge in [0.05, 0.1) is 13.1 Å². The van der Waals surface area contributed by atoms with Crippen molar-refractivity contribution >= 4 is 7.81 Å². The Morgan fingerprint density at radius 2 is 1.29 bits per heavy atom. The number of unbranched alkanes of at least 4 members (excludes halogenated alkanes) is 6. The van der Waals surface area contributed by atoms with E-state index in [-0.39, 0.29) is 0 Å². The molecule has 9 heteroatoms. The van der Waals surface area contributed by atoms with E-state index in [1.54, 1.807) is 0 Å². The van der Waals surface area contributed by atoms with Crippen LogP contribution in [0, 0.1) is 0 Å². The SMILES string of the molecule is CCCCCCCC[n+]1ccn(CCCC)c1.F[P-](F)(F)(F)(F)F. The van der Waals surface area contributed by atoms with Gasteiger partial charge in [0.1, 0.15) is 12.4 Å². The zero-order valence-electron chi connectivity index (χ0n) is 14.4. The number of halogens is 6. The van der Waals surface area contributed by atoms with Gasteiger partial charge in [-0.25, -0.2) is 9.13 Å². The van der Waals surface area contributed by atoms with E-state index in [4.69, 9.17) is 0 Å². The fourth-order valence-electron chi connectivity index (χ4n) is 2.12. The van der Waals surface area contributed by atoms with Crippen LogP contribution >= 0.6 is 7.81 Å². The van der Waals surface area contributed by atoms with Crippen molar-refractivity contribution in [1.29, 1.82) is 0 Å². The van der Waals surface area contributed by atoms with Gasteiger partial charge in [-0.15, -0.1) is 0 Å². The summed E-state index contributed by atoms with van der Waals surface area (Å²) in [6, 6.07) is 0. The molecule has 0 saturated heterocycles. The van der Waals surface area contributed by atoms with E-state index in [0.29, 0.717) is 0 Å². The first kappa shape index (κ1) is 23.2. The summed E-state index contributed by atoms with van der Waals surface area (Å²) < 4.78 is 63.8. The fourth-order valence-corrected chi connectivity index (χ4v) is 2.12. The monoisotopic (exact) mass is 382 g/mol. The van der Waals surface area contributed by atoms with Crippen LogP contribution in [0.2, 0.25) is 0 Å². The van der Waals surface area contributed by atoms with Gasteiger partial charge in [0, 0.05) is 0 Å². The van der Waals surface area contributed by atoms with Gasteiger partial charge in [-0.05, 0) is 19.3 Å². The first-order chi connectivity index (χ1) is 10.8. The zero-order chi connectivity index (χ0) is 18.8. The van der Waals surface area contributed by atoms with Crippen molar-refractivity contribution in [2.45, 2.75) is 78.3 Å². The molecule has 0 atom stereocenters. The summed E-state index contributed by atoms with van der Waals surface area (Å²) in [4.78, 5) is 0. The van der Waals surface area contributed by atoms with Gasteiger partial charge < -0.3 is 0 Å². The third-order valence-electron chi connectivity index (χ3n) is 3.29. The molecule has 0 spiro atoms. The Kier molecular flexibility index (Phi) is 8.77.